The number of amides is 1. The third kappa shape index (κ3) is 5.47. The van der Waals surface area contributed by atoms with Gasteiger partial charge in [0.1, 0.15) is 6.54 Å². The van der Waals surface area contributed by atoms with Crippen molar-refractivity contribution >= 4 is 28.1 Å². The van der Waals surface area contributed by atoms with Crippen LogP contribution < -0.4 is 10.3 Å². The van der Waals surface area contributed by atoms with E-state index in [0.29, 0.717) is 0 Å². The fourth-order valence-corrected chi connectivity index (χ4v) is 3.33. The quantitative estimate of drug-likeness (QED) is 0.592. The van der Waals surface area contributed by atoms with Crippen molar-refractivity contribution in [3.05, 3.63) is 64.4 Å². The van der Waals surface area contributed by atoms with E-state index in [0.717, 1.165) is 42.5 Å². The van der Waals surface area contributed by atoms with Crippen LogP contribution in [-0.2, 0) is 11.3 Å². The van der Waals surface area contributed by atoms with E-state index in [1.165, 1.54) is 10.5 Å². The highest BCUT2D eigenvalue weighted by Gasteiger charge is 2.27. The Morgan fingerprint density at radius 2 is 2.04 bits per heavy atom. The van der Waals surface area contributed by atoms with Gasteiger partial charge in [0, 0.05) is 40.8 Å². The van der Waals surface area contributed by atoms with Gasteiger partial charge in [-0.25, -0.2) is 5.43 Å². The van der Waals surface area contributed by atoms with Crippen molar-refractivity contribution in [2.45, 2.75) is 19.4 Å². The number of pyridine rings is 1. The first kappa shape index (κ1) is 17.8. The molecule has 1 amide bonds. The standard InChI is InChI=1S/C19H21BrN4O/c20-18-5-3-15(4-6-18)14-24-10-7-17(8-11-24)19(25)23-22-13-16-2-1-9-21-12-16/h1-6,9,12-13,17H,7-8,10-11,14H2,(H,23,25)/p+1/b22-13-. The van der Waals surface area contributed by atoms with Crippen molar-refractivity contribution in [2.75, 3.05) is 13.1 Å². The lowest BCUT2D eigenvalue weighted by Crippen LogP contribution is -3.11. The Morgan fingerprint density at radius 3 is 2.72 bits per heavy atom. The minimum absolute atomic E-state index is 0.0165. The molecule has 0 atom stereocenters. The number of carbonyl (C=O) groups is 1. The van der Waals surface area contributed by atoms with Gasteiger partial charge in [0.2, 0.25) is 5.91 Å². The predicted octanol–water partition coefficient (Wildman–Crippen LogP) is 1.79. The van der Waals surface area contributed by atoms with E-state index in [4.69, 9.17) is 0 Å². The molecule has 1 aliphatic heterocycles. The van der Waals surface area contributed by atoms with Crippen LogP contribution in [0.1, 0.15) is 24.0 Å². The van der Waals surface area contributed by atoms with Crippen LogP contribution in [0.3, 0.4) is 0 Å². The topological polar surface area (TPSA) is 58.8 Å². The number of rotatable bonds is 5. The number of aromatic nitrogens is 1. The lowest BCUT2D eigenvalue weighted by molar-refractivity contribution is -0.919. The number of hydrogen-bond acceptors (Lipinski definition) is 3. The number of nitrogens with one attached hydrogen (secondary N) is 2. The molecule has 0 unspecified atom stereocenters. The van der Waals surface area contributed by atoms with Crippen molar-refractivity contribution < 1.29 is 9.69 Å². The Bertz CT molecular complexity index is 710. The number of hydrogen-bond donors (Lipinski definition) is 2. The highest BCUT2D eigenvalue weighted by molar-refractivity contribution is 9.10. The summed E-state index contributed by atoms with van der Waals surface area (Å²) in [6.07, 6.45) is 6.85. The lowest BCUT2D eigenvalue weighted by Gasteiger charge is -2.28. The monoisotopic (exact) mass is 401 g/mol. The van der Waals surface area contributed by atoms with Gasteiger partial charge in [0.15, 0.2) is 0 Å². The summed E-state index contributed by atoms with van der Waals surface area (Å²) in [6, 6.07) is 12.2. The van der Waals surface area contributed by atoms with Gasteiger partial charge in [-0.1, -0.05) is 34.1 Å². The molecule has 2 N–H and O–H groups in total. The average molecular weight is 402 g/mol. The minimum Gasteiger partial charge on any atom is -0.331 e. The molecule has 1 aromatic heterocycles. The molecule has 0 saturated carbocycles. The van der Waals surface area contributed by atoms with Crippen molar-refractivity contribution in [3.8, 4) is 0 Å². The smallest absolute Gasteiger partial charge is 0.243 e. The number of carbonyl (C=O) groups excluding carboxylic acids is 1. The first-order valence-electron chi connectivity index (χ1n) is 8.51. The van der Waals surface area contributed by atoms with Gasteiger partial charge in [-0.3, -0.25) is 9.78 Å². The molecule has 6 heteroatoms. The molecule has 0 aliphatic carbocycles. The number of benzene rings is 1. The number of halogens is 1. The number of nitrogens with zero attached hydrogens (tertiary/aromatic N) is 2. The van der Waals surface area contributed by atoms with E-state index in [1.54, 1.807) is 18.6 Å². The summed E-state index contributed by atoms with van der Waals surface area (Å²) in [7, 11) is 0. The molecule has 3 rings (SSSR count). The Morgan fingerprint density at radius 1 is 1.28 bits per heavy atom. The van der Waals surface area contributed by atoms with Crippen LogP contribution in [0, 0.1) is 5.92 Å². The molecular weight excluding hydrogens is 380 g/mol. The third-order valence-corrected chi connectivity index (χ3v) is 5.03. The first-order valence-corrected chi connectivity index (χ1v) is 9.31. The Hall–Kier alpha value is -2.05. The van der Waals surface area contributed by atoms with Crippen molar-refractivity contribution in [3.63, 3.8) is 0 Å². The Balaban J connectivity index is 1.43. The normalized spacial score (nSPS) is 20.5. The van der Waals surface area contributed by atoms with E-state index in [-0.39, 0.29) is 11.8 Å². The molecule has 25 heavy (non-hydrogen) atoms. The molecule has 0 radical (unpaired) electrons. The third-order valence-electron chi connectivity index (χ3n) is 4.50. The number of hydrazone groups is 1. The SMILES string of the molecule is O=C(N/N=C\c1cccnc1)C1CC[NH+](Cc2ccc(Br)cc2)CC1. The Kier molecular flexibility index (Phi) is 6.30. The van der Waals surface area contributed by atoms with E-state index in [1.807, 2.05) is 12.1 Å². The average Bonchev–Trinajstić information content (AvgIpc) is 2.65. The molecule has 130 valence electrons. The zero-order valence-corrected chi connectivity index (χ0v) is 15.6. The molecular formula is C19H22BrN4O+. The second kappa shape index (κ2) is 8.87. The van der Waals surface area contributed by atoms with Crippen LogP contribution in [0.4, 0.5) is 0 Å². The van der Waals surface area contributed by atoms with E-state index >= 15 is 0 Å². The molecule has 0 bridgehead atoms. The molecule has 2 heterocycles. The zero-order valence-electron chi connectivity index (χ0n) is 14.0. The first-order chi connectivity index (χ1) is 12.2. The Labute approximate surface area is 156 Å². The highest BCUT2D eigenvalue weighted by Crippen LogP contribution is 2.12. The van der Waals surface area contributed by atoms with Crippen LogP contribution in [-0.4, -0.2) is 30.2 Å². The fourth-order valence-electron chi connectivity index (χ4n) is 3.07. The van der Waals surface area contributed by atoms with Gasteiger partial charge in [-0.05, 0) is 18.2 Å². The summed E-state index contributed by atoms with van der Waals surface area (Å²) >= 11 is 3.46. The van der Waals surface area contributed by atoms with E-state index < -0.39 is 0 Å². The molecule has 5 nitrogen and oxygen atoms in total. The van der Waals surface area contributed by atoms with Crippen LogP contribution in [0.2, 0.25) is 0 Å². The lowest BCUT2D eigenvalue weighted by atomic mass is 9.96. The zero-order chi connectivity index (χ0) is 17.5. The number of quaternary nitrogens is 1. The van der Waals surface area contributed by atoms with Gasteiger partial charge < -0.3 is 4.90 Å². The second-order valence-electron chi connectivity index (χ2n) is 6.35. The molecule has 1 fully saturated rings. The van der Waals surface area contributed by atoms with E-state index in [9.17, 15) is 4.79 Å². The van der Waals surface area contributed by atoms with Crippen molar-refractivity contribution in [2.24, 2.45) is 11.0 Å². The van der Waals surface area contributed by atoms with Crippen LogP contribution >= 0.6 is 15.9 Å². The van der Waals surface area contributed by atoms with Gasteiger partial charge in [0.05, 0.1) is 25.2 Å². The molecule has 1 aromatic carbocycles. The van der Waals surface area contributed by atoms with Crippen LogP contribution in [0.25, 0.3) is 0 Å². The van der Waals surface area contributed by atoms with Gasteiger partial charge in [-0.2, -0.15) is 5.10 Å². The van der Waals surface area contributed by atoms with Gasteiger partial charge in [0.25, 0.3) is 0 Å². The predicted molar refractivity (Wildman–Crippen MR) is 101 cm³/mol. The molecule has 1 aliphatic rings. The molecule has 2 aromatic rings. The van der Waals surface area contributed by atoms with Gasteiger partial charge in [-0.15, -0.1) is 0 Å². The summed E-state index contributed by atoms with van der Waals surface area (Å²) in [5, 5.41) is 4.04. The van der Waals surface area contributed by atoms with Gasteiger partial charge >= 0.3 is 0 Å². The van der Waals surface area contributed by atoms with Crippen molar-refractivity contribution in [1.29, 1.82) is 0 Å². The number of likely N-dealkylation sites (tertiary alicyclic amines) is 1. The maximum atomic E-state index is 12.2. The maximum absolute atomic E-state index is 12.2. The molecule has 0 spiro atoms. The fraction of sp³-hybridized carbons (Fsp3) is 0.316. The maximum Gasteiger partial charge on any atom is 0.243 e. The largest absolute Gasteiger partial charge is 0.331 e. The van der Waals surface area contributed by atoms with Crippen molar-refractivity contribution in [1.82, 2.24) is 10.4 Å². The van der Waals surface area contributed by atoms with Crippen LogP contribution in [0.5, 0.6) is 0 Å². The van der Waals surface area contributed by atoms with Crippen LogP contribution in [0.15, 0.2) is 58.4 Å². The minimum atomic E-state index is 0.0165. The summed E-state index contributed by atoms with van der Waals surface area (Å²) in [5.74, 6) is 0.0718. The summed E-state index contributed by atoms with van der Waals surface area (Å²) < 4.78 is 1.11. The highest BCUT2D eigenvalue weighted by atomic mass is 79.9. The summed E-state index contributed by atoms with van der Waals surface area (Å²) in [6.45, 7) is 3.04. The summed E-state index contributed by atoms with van der Waals surface area (Å²) in [4.78, 5) is 17.8. The molecule has 1 saturated heterocycles. The van der Waals surface area contributed by atoms with E-state index in [2.05, 4.69) is 55.7 Å². The summed E-state index contributed by atoms with van der Waals surface area (Å²) in [5.41, 5.74) is 4.87. The number of piperidine rings is 1. The second-order valence-corrected chi connectivity index (χ2v) is 7.26.